The fraction of sp³-hybridized carbons (Fsp3) is 0.500. The van der Waals surface area contributed by atoms with Gasteiger partial charge in [-0.2, -0.15) is 0 Å². The van der Waals surface area contributed by atoms with Crippen molar-refractivity contribution in [3.63, 3.8) is 0 Å². The molecule has 0 aliphatic heterocycles. The van der Waals surface area contributed by atoms with E-state index in [-0.39, 0.29) is 0 Å². The minimum atomic E-state index is -2.50. The first-order valence-corrected chi connectivity index (χ1v) is 8.68. The maximum atomic E-state index is 6.06. The molecule has 0 radical (unpaired) electrons. The van der Waals surface area contributed by atoms with E-state index in [0.29, 0.717) is 11.8 Å². The van der Waals surface area contributed by atoms with E-state index < -0.39 is 8.56 Å². The molecule has 0 fully saturated rings. The monoisotopic (exact) mass is 276 g/mol. The van der Waals surface area contributed by atoms with Crippen LogP contribution < -0.4 is 0 Å². The third kappa shape index (κ3) is 2.10. The van der Waals surface area contributed by atoms with Gasteiger partial charge >= 0.3 is 8.56 Å². The molecule has 2 unspecified atom stereocenters. The molecule has 2 rings (SSSR count). The van der Waals surface area contributed by atoms with Gasteiger partial charge in [0.25, 0.3) is 0 Å². The van der Waals surface area contributed by atoms with Crippen LogP contribution in [0.2, 0.25) is 0 Å². The molecule has 2 atom stereocenters. The van der Waals surface area contributed by atoms with Crippen molar-refractivity contribution in [2.24, 2.45) is 11.8 Å². The summed E-state index contributed by atoms with van der Waals surface area (Å²) in [5.74, 6) is 0.805. The zero-order valence-corrected chi connectivity index (χ0v) is 13.8. The number of allylic oxidation sites excluding steroid dienone is 8. The van der Waals surface area contributed by atoms with Crippen LogP contribution in [0, 0.1) is 11.8 Å². The standard InChI is InChI=1S/C16H24O2Si/c1-11-7-8-12(2)15(11)19(17-5,18-6)16-13(3)9-10-14(16)4/h7-11,13H,1-6H3. The zero-order valence-electron chi connectivity index (χ0n) is 12.8. The van der Waals surface area contributed by atoms with Crippen molar-refractivity contribution in [1.82, 2.24) is 0 Å². The Labute approximate surface area is 117 Å². The van der Waals surface area contributed by atoms with Gasteiger partial charge in [-0.05, 0) is 36.1 Å². The molecule has 2 aliphatic rings. The second kappa shape index (κ2) is 5.23. The first-order chi connectivity index (χ1) is 8.97. The van der Waals surface area contributed by atoms with Crippen LogP contribution in [-0.2, 0) is 8.85 Å². The molecule has 0 N–H and O–H groups in total. The Morgan fingerprint density at radius 1 is 0.842 bits per heavy atom. The van der Waals surface area contributed by atoms with Gasteiger partial charge in [0.05, 0.1) is 0 Å². The summed E-state index contributed by atoms with van der Waals surface area (Å²) >= 11 is 0. The SMILES string of the molecule is CO[Si](OC)(C1=C(C)C=CC1C)C1=C(C)C=CC1C. The van der Waals surface area contributed by atoms with E-state index in [9.17, 15) is 0 Å². The zero-order chi connectivity index (χ0) is 14.2. The van der Waals surface area contributed by atoms with Gasteiger partial charge in [0.1, 0.15) is 0 Å². The Hall–Kier alpha value is -0.903. The van der Waals surface area contributed by atoms with Gasteiger partial charge in [-0.3, -0.25) is 0 Å². The predicted octanol–water partition coefficient (Wildman–Crippen LogP) is 3.84. The fourth-order valence-corrected chi connectivity index (χ4v) is 7.39. The lowest BCUT2D eigenvalue weighted by Gasteiger charge is -2.35. The van der Waals surface area contributed by atoms with Crippen molar-refractivity contribution in [2.75, 3.05) is 14.2 Å². The van der Waals surface area contributed by atoms with E-state index in [1.165, 1.54) is 21.5 Å². The van der Waals surface area contributed by atoms with Crippen molar-refractivity contribution in [3.8, 4) is 0 Å². The normalized spacial score (nSPS) is 27.1. The van der Waals surface area contributed by atoms with Crippen molar-refractivity contribution < 1.29 is 8.85 Å². The van der Waals surface area contributed by atoms with Gasteiger partial charge in [-0.1, -0.05) is 49.3 Å². The molecule has 0 heterocycles. The molecule has 0 spiro atoms. The summed E-state index contributed by atoms with van der Waals surface area (Å²) in [7, 11) is 1.10. The van der Waals surface area contributed by atoms with Crippen LogP contribution in [0.15, 0.2) is 45.8 Å². The Balaban J connectivity index is 2.58. The minimum Gasteiger partial charge on any atom is -0.391 e. The third-order valence-corrected chi connectivity index (χ3v) is 8.58. The van der Waals surface area contributed by atoms with E-state index in [1.54, 1.807) is 14.2 Å². The summed E-state index contributed by atoms with van der Waals surface area (Å²) in [4.78, 5) is 0. The van der Waals surface area contributed by atoms with Gasteiger partial charge in [0, 0.05) is 14.2 Å². The van der Waals surface area contributed by atoms with Crippen LogP contribution >= 0.6 is 0 Å². The first-order valence-electron chi connectivity index (χ1n) is 6.87. The lowest BCUT2D eigenvalue weighted by atomic mass is 10.2. The molecule has 104 valence electrons. The van der Waals surface area contributed by atoms with E-state index in [1.807, 2.05) is 0 Å². The highest BCUT2D eigenvalue weighted by atomic mass is 28.4. The highest BCUT2D eigenvalue weighted by molar-refractivity contribution is 6.82. The molecular weight excluding hydrogens is 252 g/mol. The molecule has 0 amide bonds. The van der Waals surface area contributed by atoms with Gasteiger partial charge in [-0.25, -0.2) is 0 Å². The Morgan fingerprint density at radius 3 is 1.42 bits per heavy atom. The average Bonchev–Trinajstić information content (AvgIpc) is 2.90. The lowest BCUT2D eigenvalue weighted by molar-refractivity contribution is 0.256. The molecule has 0 saturated carbocycles. The number of hydrogen-bond acceptors (Lipinski definition) is 2. The van der Waals surface area contributed by atoms with E-state index >= 15 is 0 Å². The second-order valence-electron chi connectivity index (χ2n) is 5.51. The maximum absolute atomic E-state index is 6.06. The molecule has 0 aromatic carbocycles. The lowest BCUT2D eigenvalue weighted by Crippen LogP contribution is -2.48. The van der Waals surface area contributed by atoms with Gasteiger partial charge in [0.2, 0.25) is 0 Å². The molecule has 0 bridgehead atoms. The van der Waals surface area contributed by atoms with E-state index in [4.69, 9.17) is 8.85 Å². The summed E-state index contributed by atoms with van der Waals surface area (Å²) in [6.07, 6.45) is 8.88. The fourth-order valence-electron chi connectivity index (χ4n) is 3.45. The Morgan fingerprint density at radius 2 is 1.21 bits per heavy atom. The number of hydrogen-bond donors (Lipinski definition) is 0. The smallest absolute Gasteiger partial charge is 0.391 e. The maximum Gasteiger partial charge on any atom is 0.400 e. The molecule has 0 saturated heterocycles. The van der Waals surface area contributed by atoms with Crippen molar-refractivity contribution >= 4 is 8.56 Å². The van der Waals surface area contributed by atoms with Crippen LogP contribution in [0.3, 0.4) is 0 Å². The highest BCUT2D eigenvalue weighted by Gasteiger charge is 2.50. The van der Waals surface area contributed by atoms with E-state index in [0.717, 1.165) is 0 Å². The minimum absolute atomic E-state index is 0.402. The van der Waals surface area contributed by atoms with Crippen LogP contribution in [0.5, 0.6) is 0 Å². The summed E-state index contributed by atoms with van der Waals surface area (Å²) in [5.41, 5.74) is 2.62. The molecule has 2 aliphatic carbocycles. The summed E-state index contributed by atoms with van der Waals surface area (Å²) in [6.45, 7) is 8.78. The molecule has 2 nitrogen and oxygen atoms in total. The highest BCUT2D eigenvalue weighted by Crippen LogP contribution is 2.43. The first kappa shape index (κ1) is 14.5. The van der Waals surface area contributed by atoms with Gasteiger partial charge in [-0.15, -0.1) is 0 Å². The van der Waals surface area contributed by atoms with Crippen LogP contribution in [-0.4, -0.2) is 22.8 Å². The van der Waals surface area contributed by atoms with Crippen molar-refractivity contribution in [1.29, 1.82) is 0 Å². The Kier molecular flexibility index (Phi) is 3.99. The second-order valence-corrected chi connectivity index (χ2v) is 8.64. The van der Waals surface area contributed by atoms with Gasteiger partial charge < -0.3 is 8.85 Å². The van der Waals surface area contributed by atoms with Crippen molar-refractivity contribution in [2.45, 2.75) is 27.7 Å². The molecule has 3 heteroatoms. The molecule has 0 aromatic rings. The van der Waals surface area contributed by atoms with E-state index in [2.05, 4.69) is 52.0 Å². The summed E-state index contributed by atoms with van der Waals surface area (Å²) in [6, 6.07) is 0. The Bertz CT molecular complexity index is 451. The summed E-state index contributed by atoms with van der Waals surface area (Å²) in [5, 5.41) is 2.73. The molecule has 0 aromatic heterocycles. The topological polar surface area (TPSA) is 18.5 Å². The predicted molar refractivity (Wildman–Crippen MR) is 81.8 cm³/mol. The van der Waals surface area contributed by atoms with Crippen LogP contribution in [0.25, 0.3) is 0 Å². The molecular formula is C16H24O2Si. The largest absolute Gasteiger partial charge is 0.400 e. The molecule has 19 heavy (non-hydrogen) atoms. The third-order valence-electron chi connectivity index (χ3n) is 4.31. The van der Waals surface area contributed by atoms with Crippen LogP contribution in [0.4, 0.5) is 0 Å². The average molecular weight is 276 g/mol. The van der Waals surface area contributed by atoms with Crippen molar-refractivity contribution in [3.05, 3.63) is 45.8 Å². The van der Waals surface area contributed by atoms with Gasteiger partial charge in [0.15, 0.2) is 0 Å². The number of rotatable bonds is 4. The van der Waals surface area contributed by atoms with Crippen LogP contribution in [0.1, 0.15) is 27.7 Å². The quantitative estimate of drug-likeness (QED) is 0.726. The summed E-state index contributed by atoms with van der Waals surface area (Å²) < 4.78 is 12.1.